The summed E-state index contributed by atoms with van der Waals surface area (Å²) < 4.78 is 0. The smallest absolute Gasteiger partial charge is 0.0937 e. The first kappa shape index (κ1) is 13.2. The van der Waals surface area contributed by atoms with Crippen LogP contribution in [0, 0.1) is 11.8 Å². The third kappa shape index (κ3) is 2.33. The standard InChI is InChI=1S/C14H18Cl2O/c1-9-6-7-14(17,10(2)8-9)11-4-3-5-12(15)13(11)16/h3-5,9-10,17H,6-8H2,1-2H3. The van der Waals surface area contributed by atoms with Crippen molar-refractivity contribution in [1.29, 1.82) is 0 Å². The summed E-state index contributed by atoms with van der Waals surface area (Å²) in [5.74, 6) is 0.880. The summed E-state index contributed by atoms with van der Waals surface area (Å²) in [6.07, 6.45) is 2.82. The minimum atomic E-state index is -0.825. The molecule has 1 aliphatic carbocycles. The molecule has 0 saturated heterocycles. The molecule has 3 atom stereocenters. The molecule has 1 aromatic rings. The fraction of sp³-hybridized carbons (Fsp3) is 0.571. The van der Waals surface area contributed by atoms with Gasteiger partial charge in [0.1, 0.15) is 0 Å². The highest BCUT2D eigenvalue weighted by atomic mass is 35.5. The molecule has 1 saturated carbocycles. The zero-order chi connectivity index (χ0) is 12.6. The summed E-state index contributed by atoms with van der Waals surface area (Å²) in [7, 11) is 0. The van der Waals surface area contributed by atoms with E-state index in [0.717, 1.165) is 24.8 Å². The van der Waals surface area contributed by atoms with Gasteiger partial charge in [-0.15, -0.1) is 0 Å². The van der Waals surface area contributed by atoms with Crippen LogP contribution in [-0.4, -0.2) is 5.11 Å². The summed E-state index contributed by atoms with van der Waals surface area (Å²) in [6.45, 7) is 4.32. The maximum atomic E-state index is 10.9. The molecule has 0 bridgehead atoms. The SMILES string of the molecule is CC1CCC(O)(c2cccc(Cl)c2Cl)C(C)C1. The maximum absolute atomic E-state index is 10.9. The van der Waals surface area contributed by atoms with Crippen LogP contribution in [-0.2, 0) is 5.60 Å². The predicted octanol–water partition coefficient (Wildman–Crippen LogP) is 4.64. The Kier molecular flexibility index (Phi) is 3.72. The average Bonchev–Trinajstić information content (AvgIpc) is 2.28. The molecule has 94 valence electrons. The van der Waals surface area contributed by atoms with Crippen molar-refractivity contribution in [2.75, 3.05) is 0 Å². The van der Waals surface area contributed by atoms with Crippen LogP contribution in [0.4, 0.5) is 0 Å². The highest BCUT2D eigenvalue weighted by Crippen LogP contribution is 2.46. The number of rotatable bonds is 1. The molecule has 1 aromatic carbocycles. The molecule has 1 aliphatic rings. The molecule has 1 nitrogen and oxygen atoms in total. The van der Waals surface area contributed by atoms with Gasteiger partial charge in [0.2, 0.25) is 0 Å². The van der Waals surface area contributed by atoms with Crippen LogP contribution in [0.25, 0.3) is 0 Å². The van der Waals surface area contributed by atoms with Crippen LogP contribution in [0.15, 0.2) is 18.2 Å². The van der Waals surface area contributed by atoms with E-state index in [1.54, 1.807) is 6.07 Å². The molecule has 3 unspecified atom stereocenters. The van der Waals surface area contributed by atoms with Crippen LogP contribution < -0.4 is 0 Å². The van der Waals surface area contributed by atoms with Crippen molar-refractivity contribution < 1.29 is 5.11 Å². The molecule has 0 spiro atoms. The van der Waals surface area contributed by atoms with Gasteiger partial charge in [-0.3, -0.25) is 0 Å². The van der Waals surface area contributed by atoms with E-state index in [1.165, 1.54) is 0 Å². The normalized spacial score (nSPS) is 33.7. The van der Waals surface area contributed by atoms with E-state index >= 15 is 0 Å². The first-order chi connectivity index (χ1) is 7.95. The third-order valence-corrected chi connectivity index (χ3v) is 4.83. The van der Waals surface area contributed by atoms with Crippen molar-refractivity contribution in [2.45, 2.75) is 38.7 Å². The van der Waals surface area contributed by atoms with Gasteiger partial charge in [-0.1, -0.05) is 49.2 Å². The van der Waals surface area contributed by atoms with Crippen molar-refractivity contribution in [2.24, 2.45) is 11.8 Å². The molecule has 0 aliphatic heterocycles. The lowest BCUT2D eigenvalue weighted by atomic mass is 9.69. The van der Waals surface area contributed by atoms with Gasteiger partial charge in [0.05, 0.1) is 15.6 Å². The maximum Gasteiger partial charge on any atom is 0.0937 e. The predicted molar refractivity (Wildman–Crippen MR) is 72.5 cm³/mol. The van der Waals surface area contributed by atoms with Crippen LogP contribution in [0.3, 0.4) is 0 Å². The number of hydrogen-bond donors (Lipinski definition) is 1. The second kappa shape index (κ2) is 4.79. The molecular formula is C14H18Cl2O. The molecule has 17 heavy (non-hydrogen) atoms. The van der Waals surface area contributed by atoms with Crippen LogP contribution in [0.1, 0.15) is 38.7 Å². The number of benzene rings is 1. The van der Waals surface area contributed by atoms with Gasteiger partial charge < -0.3 is 5.11 Å². The largest absolute Gasteiger partial charge is 0.385 e. The lowest BCUT2D eigenvalue weighted by Gasteiger charge is -2.41. The molecule has 0 aromatic heterocycles. The second-order valence-electron chi connectivity index (χ2n) is 5.31. The Labute approximate surface area is 113 Å². The molecule has 0 radical (unpaired) electrons. The van der Waals surface area contributed by atoms with E-state index in [0.29, 0.717) is 16.0 Å². The molecule has 0 amide bonds. The Hall–Kier alpha value is -0.240. The highest BCUT2D eigenvalue weighted by molar-refractivity contribution is 6.42. The van der Waals surface area contributed by atoms with Crippen molar-refractivity contribution >= 4 is 23.2 Å². The van der Waals surface area contributed by atoms with Crippen molar-refractivity contribution in [3.63, 3.8) is 0 Å². The summed E-state index contributed by atoms with van der Waals surface area (Å²) in [4.78, 5) is 0. The van der Waals surface area contributed by atoms with Gasteiger partial charge in [0.25, 0.3) is 0 Å². The van der Waals surface area contributed by atoms with Gasteiger partial charge in [0.15, 0.2) is 0 Å². The molecule has 3 heteroatoms. The van der Waals surface area contributed by atoms with E-state index in [4.69, 9.17) is 23.2 Å². The molecular weight excluding hydrogens is 255 g/mol. The Morgan fingerprint density at radius 1 is 1.29 bits per heavy atom. The minimum Gasteiger partial charge on any atom is -0.385 e. The van der Waals surface area contributed by atoms with Gasteiger partial charge >= 0.3 is 0 Å². The van der Waals surface area contributed by atoms with Crippen LogP contribution >= 0.6 is 23.2 Å². The van der Waals surface area contributed by atoms with Crippen LogP contribution in [0.2, 0.25) is 10.0 Å². The summed E-state index contributed by atoms with van der Waals surface area (Å²) in [6, 6.07) is 5.50. The third-order valence-electron chi connectivity index (χ3n) is 4.01. The number of halogens is 2. The van der Waals surface area contributed by atoms with Gasteiger partial charge in [-0.2, -0.15) is 0 Å². The minimum absolute atomic E-state index is 0.210. The average molecular weight is 273 g/mol. The zero-order valence-corrected chi connectivity index (χ0v) is 11.7. The second-order valence-corrected chi connectivity index (χ2v) is 6.09. The molecule has 0 heterocycles. The Balaban J connectivity index is 2.41. The lowest BCUT2D eigenvalue weighted by molar-refractivity contribution is -0.0586. The fourth-order valence-electron chi connectivity index (χ4n) is 2.87. The van der Waals surface area contributed by atoms with Crippen molar-refractivity contribution in [1.82, 2.24) is 0 Å². The zero-order valence-electron chi connectivity index (χ0n) is 10.2. The van der Waals surface area contributed by atoms with E-state index in [1.807, 2.05) is 12.1 Å². The molecule has 2 rings (SSSR count). The van der Waals surface area contributed by atoms with E-state index in [9.17, 15) is 5.11 Å². The highest BCUT2D eigenvalue weighted by Gasteiger charge is 2.41. The first-order valence-electron chi connectivity index (χ1n) is 6.12. The lowest BCUT2D eigenvalue weighted by Crippen LogP contribution is -2.38. The fourth-order valence-corrected chi connectivity index (χ4v) is 3.33. The van der Waals surface area contributed by atoms with Gasteiger partial charge in [0, 0.05) is 5.56 Å². The quantitative estimate of drug-likeness (QED) is 0.790. The van der Waals surface area contributed by atoms with Gasteiger partial charge in [-0.05, 0) is 37.2 Å². The first-order valence-corrected chi connectivity index (χ1v) is 6.87. The van der Waals surface area contributed by atoms with Crippen molar-refractivity contribution in [3.8, 4) is 0 Å². The van der Waals surface area contributed by atoms with E-state index < -0.39 is 5.60 Å². The summed E-state index contributed by atoms with van der Waals surface area (Å²) in [5.41, 5.74) is -0.0415. The van der Waals surface area contributed by atoms with Gasteiger partial charge in [-0.25, -0.2) is 0 Å². The van der Waals surface area contributed by atoms with E-state index in [2.05, 4.69) is 13.8 Å². The molecule has 1 N–H and O–H groups in total. The number of aliphatic hydroxyl groups is 1. The Morgan fingerprint density at radius 3 is 2.65 bits per heavy atom. The summed E-state index contributed by atoms with van der Waals surface area (Å²) in [5, 5.41) is 11.9. The monoisotopic (exact) mass is 272 g/mol. The topological polar surface area (TPSA) is 20.2 Å². The van der Waals surface area contributed by atoms with E-state index in [-0.39, 0.29) is 5.92 Å². The van der Waals surface area contributed by atoms with Crippen molar-refractivity contribution in [3.05, 3.63) is 33.8 Å². The number of hydrogen-bond acceptors (Lipinski definition) is 1. The van der Waals surface area contributed by atoms with Crippen LogP contribution in [0.5, 0.6) is 0 Å². The Bertz CT molecular complexity index is 419. The summed E-state index contributed by atoms with van der Waals surface area (Å²) >= 11 is 12.3. The Morgan fingerprint density at radius 2 is 2.00 bits per heavy atom. The molecule has 1 fully saturated rings.